The number of amidine groups is 1. The molecule has 0 bridgehead atoms. The molecule has 98 valence electrons. The first-order valence-electron chi connectivity index (χ1n) is 6.30. The maximum atomic E-state index is 5.65. The van der Waals surface area contributed by atoms with Gasteiger partial charge in [-0.3, -0.25) is 0 Å². The van der Waals surface area contributed by atoms with Crippen LogP contribution in [0.25, 0.3) is 0 Å². The Labute approximate surface area is 114 Å². The van der Waals surface area contributed by atoms with Crippen LogP contribution in [0.1, 0.15) is 22.3 Å². The highest BCUT2D eigenvalue weighted by atomic mass is 15.2. The molecule has 0 spiro atoms. The summed E-state index contributed by atoms with van der Waals surface area (Å²) in [6.07, 6.45) is 0. The molecule has 0 saturated carbocycles. The van der Waals surface area contributed by atoms with Crippen molar-refractivity contribution in [3.8, 4) is 0 Å². The number of hydrogen-bond donors (Lipinski definition) is 2. The van der Waals surface area contributed by atoms with Crippen LogP contribution < -0.4 is 11.3 Å². The quantitative estimate of drug-likeness (QED) is 0.374. The Hall–Kier alpha value is -2.13. The van der Waals surface area contributed by atoms with E-state index in [2.05, 4.69) is 43.3 Å². The summed E-state index contributed by atoms with van der Waals surface area (Å²) < 4.78 is 0. The Morgan fingerprint density at radius 2 is 1.58 bits per heavy atom. The van der Waals surface area contributed by atoms with Gasteiger partial charge in [-0.25, -0.2) is 10.8 Å². The van der Waals surface area contributed by atoms with Crippen LogP contribution in [0.2, 0.25) is 0 Å². The highest BCUT2D eigenvalue weighted by Crippen LogP contribution is 2.19. The summed E-state index contributed by atoms with van der Waals surface area (Å²) >= 11 is 0. The van der Waals surface area contributed by atoms with Crippen molar-refractivity contribution in [1.29, 1.82) is 0 Å². The lowest BCUT2D eigenvalue weighted by molar-refractivity contribution is 1.02. The lowest BCUT2D eigenvalue weighted by atomic mass is 9.99. The third kappa shape index (κ3) is 3.01. The van der Waals surface area contributed by atoms with E-state index in [0.29, 0.717) is 5.84 Å². The van der Waals surface area contributed by atoms with Crippen molar-refractivity contribution in [2.24, 2.45) is 10.8 Å². The Balaban J connectivity index is 2.52. The van der Waals surface area contributed by atoms with E-state index in [4.69, 9.17) is 5.84 Å². The zero-order valence-electron chi connectivity index (χ0n) is 11.6. The van der Waals surface area contributed by atoms with Gasteiger partial charge in [0.05, 0.1) is 5.69 Å². The fraction of sp³-hybridized carbons (Fsp3) is 0.188. The third-order valence-corrected chi connectivity index (χ3v) is 3.05. The normalized spacial score (nSPS) is 11.5. The first-order chi connectivity index (χ1) is 9.11. The van der Waals surface area contributed by atoms with Gasteiger partial charge in [0.15, 0.2) is 0 Å². The van der Waals surface area contributed by atoms with Gasteiger partial charge >= 0.3 is 0 Å². The van der Waals surface area contributed by atoms with Gasteiger partial charge in [-0.2, -0.15) is 0 Å². The fourth-order valence-corrected chi connectivity index (χ4v) is 2.35. The number of nitrogens with zero attached hydrogens (tertiary/aromatic N) is 1. The second kappa shape index (κ2) is 5.67. The molecule has 0 atom stereocenters. The van der Waals surface area contributed by atoms with E-state index in [1.807, 2.05) is 30.3 Å². The van der Waals surface area contributed by atoms with E-state index >= 15 is 0 Å². The minimum absolute atomic E-state index is 0.696. The van der Waals surface area contributed by atoms with Crippen LogP contribution in [-0.4, -0.2) is 5.84 Å². The Kier molecular flexibility index (Phi) is 3.97. The van der Waals surface area contributed by atoms with Crippen LogP contribution in [0.5, 0.6) is 0 Å². The SMILES string of the molecule is Cc1cc(C)c(C(=Nc2ccccc2)NN)c(C)c1. The molecule has 0 aliphatic rings. The molecule has 0 unspecified atom stereocenters. The molecule has 3 N–H and O–H groups in total. The van der Waals surface area contributed by atoms with Crippen molar-refractivity contribution in [1.82, 2.24) is 5.43 Å². The highest BCUT2D eigenvalue weighted by molar-refractivity contribution is 6.02. The lowest BCUT2D eigenvalue weighted by Crippen LogP contribution is -2.32. The second-order valence-electron chi connectivity index (χ2n) is 4.71. The van der Waals surface area contributed by atoms with Crippen LogP contribution in [0.4, 0.5) is 5.69 Å². The molecule has 0 radical (unpaired) electrons. The van der Waals surface area contributed by atoms with E-state index in [9.17, 15) is 0 Å². The number of aryl methyl sites for hydroxylation is 3. The van der Waals surface area contributed by atoms with Crippen LogP contribution in [-0.2, 0) is 0 Å². The van der Waals surface area contributed by atoms with Crippen molar-refractivity contribution in [3.05, 3.63) is 64.7 Å². The molecular weight excluding hydrogens is 234 g/mol. The van der Waals surface area contributed by atoms with Gasteiger partial charge in [-0.15, -0.1) is 0 Å². The number of para-hydroxylation sites is 1. The van der Waals surface area contributed by atoms with Crippen molar-refractivity contribution in [2.75, 3.05) is 0 Å². The van der Waals surface area contributed by atoms with Gasteiger partial charge in [0.1, 0.15) is 5.84 Å². The maximum Gasteiger partial charge on any atom is 0.148 e. The summed E-state index contributed by atoms with van der Waals surface area (Å²) in [5, 5.41) is 0. The first kappa shape index (κ1) is 13.3. The Bertz CT molecular complexity index is 578. The third-order valence-electron chi connectivity index (χ3n) is 3.05. The van der Waals surface area contributed by atoms with E-state index in [1.54, 1.807) is 0 Å². The average Bonchev–Trinajstić information content (AvgIpc) is 2.37. The number of rotatable bonds is 2. The van der Waals surface area contributed by atoms with Crippen LogP contribution in [0.15, 0.2) is 47.5 Å². The number of aliphatic imine (C=N–C) groups is 1. The molecule has 0 aromatic heterocycles. The van der Waals surface area contributed by atoms with E-state index in [0.717, 1.165) is 11.3 Å². The number of hydrogen-bond acceptors (Lipinski definition) is 2. The molecule has 0 amide bonds. The van der Waals surface area contributed by atoms with Crippen LogP contribution in [0, 0.1) is 20.8 Å². The summed E-state index contributed by atoms with van der Waals surface area (Å²) in [7, 11) is 0. The van der Waals surface area contributed by atoms with E-state index in [1.165, 1.54) is 16.7 Å². The molecule has 0 fully saturated rings. The number of nitrogens with one attached hydrogen (secondary N) is 1. The summed E-state index contributed by atoms with van der Waals surface area (Å²) in [6.45, 7) is 6.24. The molecular formula is C16H19N3. The molecule has 2 rings (SSSR count). The molecule has 0 saturated heterocycles. The molecule has 2 aromatic carbocycles. The minimum atomic E-state index is 0.696. The van der Waals surface area contributed by atoms with Crippen LogP contribution in [0.3, 0.4) is 0 Å². The van der Waals surface area contributed by atoms with Crippen molar-refractivity contribution in [2.45, 2.75) is 20.8 Å². The summed E-state index contributed by atoms with van der Waals surface area (Å²) in [5.74, 6) is 6.34. The van der Waals surface area contributed by atoms with Gasteiger partial charge in [0, 0.05) is 5.56 Å². The van der Waals surface area contributed by atoms with Gasteiger partial charge in [-0.1, -0.05) is 35.9 Å². The standard InChI is InChI=1S/C16H19N3/c1-11-9-12(2)15(13(3)10-11)16(19-17)18-14-7-5-4-6-8-14/h4-10H,17H2,1-3H3,(H,18,19). The molecule has 0 aliphatic heterocycles. The zero-order valence-corrected chi connectivity index (χ0v) is 11.6. The van der Waals surface area contributed by atoms with Crippen molar-refractivity contribution >= 4 is 11.5 Å². The number of nitrogens with two attached hydrogens (primary N) is 1. The Morgan fingerprint density at radius 3 is 2.11 bits per heavy atom. The van der Waals surface area contributed by atoms with Gasteiger partial charge in [0.2, 0.25) is 0 Å². The maximum absolute atomic E-state index is 5.65. The fourth-order valence-electron chi connectivity index (χ4n) is 2.35. The van der Waals surface area contributed by atoms with E-state index < -0.39 is 0 Å². The predicted octanol–water partition coefficient (Wildman–Crippen LogP) is 3.15. The van der Waals surface area contributed by atoms with E-state index in [-0.39, 0.29) is 0 Å². The summed E-state index contributed by atoms with van der Waals surface area (Å²) in [5.41, 5.74) is 8.26. The van der Waals surface area contributed by atoms with Gasteiger partial charge < -0.3 is 5.43 Å². The highest BCUT2D eigenvalue weighted by Gasteiger charge is 2.10. The zero-order chi connectivity index (χ0) is 13.8. The Morgan fingerprint density at radius 1 is 1.00 bits per heavy atom. The molecule has 0 aliphatic carbocycles. The first-order valence-corrected chi connectivity index (χ1v) is 6.30. The topological polar surface area (TPSA) is 50.4 Å². The smallest absolute Gasteiger partial charge is 0.148 e. The molecule has 3 nitrogen and oxygen atoms in total. The summed E-state index contributed by atoms with van der Waals surface area (Å²) in [6, 6.07) is 14.1. The van der Waals surface area contributed by atoms with Gasteiger partial charge in [0.25, 0.3) is 0 Å². The largest absolute Gasteiger partial charge is 0.308 e. The number of hydrazine groups is 1. The molecule has 2 aromatic rings. The minimum Gasteiger partial charge on any atom is -0.308 e. The van der Waals surface area contributed by atoms with Crippen molar-refractivity contribution < 1.29 is 0 Å². The molecule has 3 heteroatoms. The lowest BCUT2D eigenvalue weighted by Gasteiger charge is -2.13. The summed E-state index contributed by atoms with van der Waals surface area (Å²) in [4.78, 5) is 4.58. The molecule has 19 heavy (non-hydrogen) atoms. The number of benzene rings is 2. The monoisotopic (exact) mass is 253 g/mol. The van der Waals surface area contributed by atoms with Crippen LogP contribution >= 0.6 is 0 Å². The van der Waals surface area contributed by atoms with Crippen molar-refractivity contribution in [3.63, 3.8) is 0 Å². The van der Waals surface area contributed by atoms with Gasteiger partial charge in [-0.05, 0) is 44.0 Å². The average molecular weight is 253 g/mol. The molecule has 0 heterocycles. The second-order valence-corrected chi connectivity index (χ2v) is 4.71. The predicted molar refractivity (Wildman–Crippen MR) is 80.6 cm³/mol.